The number of carbonyl (C=O) groups is 4. The molecule has 0 aliphatic heterocycles. The van der Waals surface area contributed by atoms with Crippen LogP contribution in [0.1, 0.15) is 80.1 Å². The zero-order valence-corrected chi connectivity index (χ0v) is 42.5. The summed E-state index contributed by atoms with van der Waals surface area (Å²) < 4.78 is 67.6. The van der Waals surface area contributed by atoms with Gasteiger partial charge in [-0.1, -0.05) is 13.2 Å². The Kier molecular flexibility index (Phi) is 53.1. The number of carbonyl (C=O) groups excluding carboxylic acids is 4. The van der Waals surface area contributed by atoms with E-state index in [9.17, 15) is 19.2 Å². The fraction of sp³-hybridized carbons (Fsp3) is 0.830. The molecule has 20 heteroatoms. The molecular weight excluding hydrogens is 879 g/mol. The summed E-state index contributed by atoms with van der Waals surface area (Å²) in [5.41, 5.74) is 5.53. The highest BCUT2D eigenvalue weighted by molar-refractivity contribution is 5.81. The summed E-state index contributed by atoms with van der Waals surface area (Å²) in [7, 11) is 4.93. The second-order valence-electron chi connectivity index (χ2n) is 15.4. The minimum atomic E-state index is -0.437. The first-order valence-electron chi connectivity index (χ1n) is 23.3. The maximum absolute atomic E-state index is 11.9. The minimum Gasteiger partial charge on any atom is -0.466 e. The lowest BCUT2D eigenvalue weighted by molar-refractivity contribution is -0.146. The highest BCUT2D eigenvalue weighted by Crippen LogP contribution is 2.00. The lowest BCUT2D eigenvalue weighted by Gasteiger charge is -2.18. The van der Waals surface area contributed by atoms with Crippen molar-refractivity contribution in [1.29, 1.82) is 0 Å². The topological polar surface area (TPSA) is 238 Å². The van der Waals surface area contributed by atoms with Gasteiger partial charge in [0.15, 0.2) is 0 Å². The Balaban J connectivity index is -0.00000122. The third-order valence-corrected chi connectivity index (χ3v) is 8.33. The number of esters is 4. The molecule has 0 heterocycles. The van der Waals surface area contributed by atoms with Crippen molar-refractivity contribution in [2.45, 2.75) is 117 Å². The van der Waals surface area contributed by atoms with E-state index in [1.165, 1.54) is 0 Å². The van der Waals surface area contributed by atoms with Gasteiger partial charge >= 0.3 is 23.9 Å². The molecule has 20 nitrogen and oxygen atoms in total. The predicted molar refractivity (Wildman–Crippen MR) is 255 cm³/mol. The van der Waals surface area contributed by atoms with Crippen molar-refractivity contribution in [1.82, 2.24) is 10.6 Å². The molecule has 4 N–H and O–H groups in total. The summed E-state index contributed by atoms with van der Waals surface area (Å²) in [6.45, 7) is 27.3. The molecule has 0 bridgehead atoms. The molecule has 0 saturated heterocycles. The number of hydrogen-bond donors (Lipinski definition) is 3. The van der Waals surface area contributed by atoms with Gasteiger partial charge in [0.05, 0.1) is 137 Å². The maximum Gasteiger partial charge on any atom is 0.330 e. The van der Waals surface area contributed by atoms with Gasteiger partial charge in [-0.25, -0.2) is 9.59 Å². The number of ether oxygens (including phenoxy) is 13. The summed E-state index contributed by atoms with van der Waals surface area (Å²) >= 11 is 0. The smallest absolute Gasteiger partial charge is 0.330 e. The first-order valence-corrected chi connectivity index (χ1v) is 23.3. The molecule has 0 radical (unpaired) electrons. The molecule has 0 aromatic heterocycles. The number of methoxy groups -OCH3 is 3. The van der Waals surface area contributed by atoms with Gasteiger partial charge in [0.1, 0.15) is 0 Å². The third kappa shape index (κ3) is 57.1. The van der Waals surface area contributed by atoms with E-state index >= 15 is 0 Å². The van der Waals surface area contributed by atoms with E-state index in [1.807, 2.05) is 41.5 Å². The highest BCUT2D eigenvalue weighted by atomic mass is 16.6. The lowest BCUT2D eigenvalue weighted by atomic mass is 10.3. The van der Waals surface area contributed by atoms with Crippen LogP contribution in [-0.4, -0.2) is 200 Å². The van der Waals surface area contributed by atoms with E-state index in [4.69, 9.17) is 67.3 Å². The number of nitrogens with one attached hydrogen (secondary N) is 2. The molecule has 0 aliphatic rings. The SMILES string of the molecule is C=CC(=O)OCCCCOC(=O)C=C.COCCOCC(C)OCC(C)N.COCCOCC(C)OCC(C)NCCC(=O)OCCCCOC(=O)CCNC(C)COC(C)COCCOC. The van der Waals surface area contributed by atoms with Crippen LogP contribution >= 0.6 is 0 Å². The van der Waals surface area contributed by atoms with Gasteiger partial charge in [0.2, 0.25) is 0 Å². The zero-order chi connectivity index (χ0) is 50.8. The fourth-order valence-electron chi connectivity index (χ4n) is 4.60. The molecular formula is C47H91N3O17. The number of nitrogens with two attached hydrogens (primary N) is 1. The zero-order valence-electron chi connectivity index (χ0n) is 42.5. The van der Waals surface area contributed by atoms with Crippen LogP contribution in [0.15, 0.2) is 25.3 Å². The predicted octanol–water partition coefficient (Wildman–Crippen LogP) is 3.35. The molecule has 0 spiro atoms. The van der Waals surface area contributed by atoms with Crippen LogP contribution in [-0.2, 0) is 80.8 Å². The Morgan fingerprint density at radius 2 is 0.776 bits per heavy atom. The van der Waals surface area contributed by atoms with Crippen LogP contribution in [0.2, 0.25) is 0 Å². The van der Waals surface area contributed by atoms with Crippen LogP contribution in [0.3, 0.4) is 0 Å². The van der Waals surface area contributed by atoms with E-state index < -0.39 is 11.9 Å². The summed E-state index contributed by atoms with van der Waals surface area (Å²) in [6, 6.07) is 0.299. The Labute approximate surface area is 402 Å². The normalized spacial score (nSPS) is 13.5. The van der Waals surface area contributed by atoms with E-state index in [2.05, 4.69) is 23.8 Å². The molecule has 0 aromatic rings. The van der Waals surface area contributed by atoms with Crippen molar-refractivity contribution >= 4 is 23.9 Å². The van der Waals surface area contributed by atoms with Crippen molar-refractivity contribution in [3.8, 4) is 0 Å². The van der Waals surface area contributed by atoms with E-state index in [0.717, 1.165) is 12.2 Å². The van der Waals surface area contributed by atoms with Crippen molar-refractivity contribution in [3.05, 3.63) is 25.3 Å². The molecule has 396 valence electrons. The first kappa shape index (κ1) is 68.1. The van der Waals surface area contributed by atoms with Gasteiger partial charge in [0.25, 0.3) is 0 Å². The summed E-state index contributed by atoms with van der Waals surface area (Å²) in [5.74, 6) is -1.38. The second kappa shape index (κ2) is 52.3. The Bertz CT molecular complexity index is 1100. The van der Waals surface area contributed by atoms with Gasteiger partial charge in [0, 0.05) is 64.7 Å². The van der Waals surface area contributed by atoms with Crippen LogP contribution in [0.4, 0.5) is 0 Å². The molecule has 0 rings (SSSR count). The van der Waals surface area contributed by atoms with Crippen LogP contribution in [0.5, 0.6) is 0 Å². The summed E-state index contributed by atoms with van der Waals surface area (Å²) in [5, 5.41) is 6.50. The summed E-state index contributed by atoms with van der Waals surface area (Å²) in [6.07, 6.45) is 5.46. The molecule has 0 saturated carbocycles. The lowest BCUT2D eigenvalue weighted by Crippen LogP contribution is -2.34. The minimum absolute atomic E-state index is 0.0114. The molecule has 0 aromatic carbocycles. The molecule has 6 unspecified atom stereocenters. The Morgan fingerprint density at radius 3 is 1.07 bits per heavy atom. The van der Waals surface area contributed by atoms with E-state index in [-0.39, 0.29) is 61.2 Å². The largest absolute Gasteiger partial charge is 0.466 e. The number of unbranched alkanes of at least 4 members (excludes halogenated alkanes) is 2. The van der Waals surface area contributed by atoms with Crippen LogP contribution in [0.25, 0.3) is 0 Å². The molecule has 67 heavy (non-hydrogen) atoms. The maximum atomic E-state index is 11.9. The monoisotopic (exact) mass is 970 g/mol. The van der Waals surface area contributed by atoms with Crippen LogP contribution in [0, 0.1) is 0 Å². The van der Waals surface area contributed by atoms with Crippen LogP contribution < -0.4 is 16.4 Å². The van der Waals surface area contributed by atoms with Gasteiger partial charge < -0.3 is 77.9 Å². The molecule has 0 amide bonds. The second-order valence-corrected chi connectivity index (χ2v) is 15.4. The van der Waals surface area contributed by atoms with Crippen molar-refractivity contribution < 1.29 is 80.8 Å². The quantitative estimate of drug-likeness (QED) is 0.0343. The first-order chi connectivity index (χ1) is 32.1. The summed E-state index contributed by atoms with van der Waals surface area (Å²) in [4.78, 5) is 44.9. The van der Waals surface area contributed by atoms with Gasteiger partial charge in [-0.3, -0.25) is 9.59 Å². The molecule has 0 aliphatic carbocycles. The van der Waals surface area contributed by atoms with Gasteiger partial charge in [-0.15, -0.1) is 0 Å². The third-order valence-electron chi connectivity index (χ3n) is 8.33. The average Bonchev–Trinajstić information content (AvgIpc) is 3.31. The number of rotatable bonds is 44. The Morgan fingerprint density at radius 1 is 0.463 bits per heavy atom. The van der Waals surface area contributed by atoms with E-state index in [1.54, 1.807) is 21.3 Å². The highest BCUT2D eigenvalue weighted by Gasteiger charge is 2.11. The van der Waals surface area contributed by atoms with Crippen molar-refractivity contribution in [2.75, 3.05) is 140 Å². The van der Waals surface area contributed by atoms with E-state index in [0.29, 0.717) is 144 Å². The average molecular weight is 970 g/mol. The van der Waals surface area contributed by atoms with Crippen molar-refractivity contribution in [3.63, 3.8) is 0 Å². The van der Waals surface area contributed by atoms with Crippen molar-refractivity contribution in [2.24, 2.45) is 5.73 Å². The molecule has 0 fully saturated rings. The Hall–Kier alpha value is -3.12. The molecule has 6 atom stereocenters. The van der Waals surface area contributed by atoms with Gasteiger partial charge in [-0.2, -0.15) is 0 Å². The number of hydrogen-bond acceptors (Lipinski definition) is 20. The fourth-order valence-corrected chi connectivity index (χ4v) is 4.60. The standard InChI is InChI=1S/C28H56N2O10.C10H14O4.C9H21NO3/c1-23(19-39-25(3)21-35-17-15-33-5)29-11-9-27(31)37-13-7-8-14-38-28(32)10-12-30-24(2)20-40-26(4)22-36-18-16-34-6;1-3-9(11)13-7-5-6-8-14-10(12)4-2;1-8(10)6-13-9(2)7-12-5-4-11-3/h23-26,29-30H,7-22H2,1-6H3;3-4H,1-2,5-8H2;8-9H,4-7,10H2,1-3H3. The van der Waals surface area contributed by atoms with Gasteiger partial charge in [-0.05, 0) is 67.2 Å².